The second-order valence-corrected chi connectivity index (χ2v) is 4.08. The fourth-order valence-corrected chi connectivity index (χ4v) is 1.76. The number of ether oxygens (including phenoxy) is 1. The van der Waals surface area contributed by atoms with Crippen molar-refractivity contribution in [3.63, 3.8) is 0 Å². The summed E-state index contributed by atoms with van der Waals surface area (Å²) < 4.78 is 5.21. The SMILES string of the molecule is COc1ncccc1CNCc1cnccc1C. The van der Waals surface area contributed by atoms with Crippen LogP contribution in [0.25, 0.3) is 0 Å². The van der Waals surface area contributed by atoms with Gasteiger partial charge in [0.15, 0.2) is 0 Å². The second kappa shape index (κ2) is 6.12. The molecule has 0 aliphatic rings. The van der Waals surface area contributed by atoms with E-state index in [4.69, 9.17) is 4.74 Å². The summed E-state index contributed by atoms with van der Waals surface area (Å²) in [6.07, 6.45) is 5.43. The Hall–Kier alpha value is -1.94. The smallest absolute Gasteiger partial charge is 0.217 e. The molecule has 0 radical (unpaired) electrons. The molecule has 0 saturated heterocycles. The maximum Gasteiger partial charge on any atom is 0.217 e. The standard InChI is InChI=1S/C14H17N3O/c1-11-5-7-15-9-13(11)10-16-8-12-4-3-6-17-14(12)18-2/h3-7,9,16H,8,10H2,1-2H3. The van der Waals surface area contributed by atoms with E-state index in [-0.39, 0.29) is 0 Å². The number of hydrogen-bond donors (Lipinski definition) is 1. The monoisotopic (exact) mass is 243 g/mol. The van der Waals surface area contributed by atoms with Gasteiger partial charge in [0.1, 0.15) is 0 Å². The van der Waals surface area contributed by atoms with Gasteiger partial charge in [-0.1, -0.05) is 6.07 Å². The molecule has 2 heterocycles. The predicted molar refractivity (Wildman–Crippen MR) is 70.3 cm³/mol. The number of pyridine rings is 2. The molecule has 0 saturated carbocycles. The van der Waals surface area contributed by atoms with Crippen LogP contribution >= 0.6 is 0 Å². The number of nitrogens with one attached hydrogen (secondary N) is 1. The number of methoxy groups -OCH3 is 1. The van der Waals surface area contributed by atoms with Gasteiger partial charge in [-0.25, -0.2) is 4.98 Å². The van der Waals surface area contributed by atoms with Crippen molar-refractivity contribution in [2.24, 2.45) is 0 Å². The van der Waals surface area contributed by atoms with Crippen molar-refractivity contribution in [2.75, 3.05) is 7.11 Å². The van der Waals surface area contributed by atoms with E-state index in [9.17, 15) is 0 Å². The minimum Gasteiger partial charge on any atom is -0.481 e. The summed E-state index contributed by atoms with van der Waals surface area (Å²) in [7, 11) is 1.64. The van der Waals surface area contributed by atoms with Crippen LogP contribution in [0.15, 0.2) is 36.8 Å². The molecule has 2 rings (SSSR count). The molecule has 2 aromatic rings. The van der Waals surface area contributed by atoms with Crippen LogP contribution in [0.3, 0.4) is 0 Å². The van der Waals surface area contributed by atoms with Crippen molar-refractivity contribution in [3.05, 3.63) is 53.5 Å². The highest BCUT2D eigenvalue weighted by Crippen LogP contribution is 2.13. The molecule has 0 aliphatic heterocycles. The van der Waals surface area contributed by atoms with E-state index >= 15 is 0 Å². The average molecular weight is 243 g/mol. The normalized spacial score (nSPS) is 10.3. The first-order chi connectivity index (χ1) is 8.81. The largest absolute Gasteiger partial charge is 0.481 e. The van der Waals surface area contributed by atoms with Gasteiger partial charge in [0, 0.05) is 37.2 Å². The maximum atomic E-state index is 5.21. The fourth-order valence-electron chi connectivity index (χ4n) is 1.76. The Kier molecular flexibility index (Phi) is 4.25. The zero-order valence-electron chi connectivity index (χ0n) is 10.7. The van der Waals surface area contributed by atoms with Gasteiger partial charge < -0.3 is 10.1 Å². The minimum atomic E-state index is 0.674. The first kappa shape index (κ1) is 12.5. The highest BCUT2D eigenvalue weighted by Gasteiger charge is 2.03. The molecule has 0 atom stereocenters. The third kappa shape index (κ3) is 3.05. The molecule has 2 aromatic heterocycles. The van der Waals surface area contributed by atoms with E-state index in [0.717, 1.165) is 18.7 Å². The lowest BCUT2D eigenvalue weighted by Gasteiger charge is -2.09. The quantitative estimate of drug-likeness (QED) is 0.873. The summed E-state index contributed by atoms with van der Waals surface area (Å²) >= 11 is 0. The second-order valence-electron chi connectivity index (χ2n) is 4.08. The summed E-state index contributed by atoms with van der Waals surface area (Å²) in [6.45, 7) is 3.60. The van der Waals surface area contributed by atoms with Crippen molar-refractivity contribution in [2.45, 2.75) is 20.0 Å². The van der Waals surface area contributed by atoms with Gasteiger partial charge in [0.2, 0.25) is 5.88 Å². The third-order valence-electron chi connectivity index (χ3n) is 2.82. The lowest BCUT2D eigenvalue weighted by molar-refractivity contribution is 0.390. The molecule has 4 nitrogen and oxygen atoms in total. The van der Waals surface area contributed by atoms with Crippen molar-refractivity contribution >= 4 is 0 Å². The molecular formula is C14H17N3O. The number of hydrogen-bond acceptors (Lipinski definition) is 4. The molecule has 4 heteroatoms. The molecule has 18 heavy (non-hydrogen) atoms. The molecule has 0 fully saturated rings. The van der Waals surface area contributed by atoms with E-state index in [0.29, 0.717) is 5.88 Å². The average Bonchev–Trinajstić information content (AvgIpc) is 2.41. The molecule has 0 aliphatic carbocycles. The van der Waals surface area contributed by atoms with Crippen LogP contribution in [-0.2, 0) is 13.1 Å². The predicted octanol–water partition coefficient (Wildman–Crippen LogP) is 2.08. The van der Waals surface area contributed by atoms with Crippen LogP contribution in [0, 0.1) is 6.92 Å². The summed E-state index contributed by atoms with van der Waals surface area (Å²) in [5, 5.41) is 3.37. The minimum absolute atomic E-state index is 0.674. The van der Waals surface area contributed by atoms with Crippen LogP contribution in [-0.4, -0.2) is 17.1 Å². The Balaban J connectivity index is 1.95. The van der Waals surface area contributed by atoms with Gasteiger partial charge >= 0.3 is 0 Å². The molecular weight excluding hydrogens is 226 g/mol. The Morgan fingerprint density at radius 1 is 1.17 bits per heavy atom. The summed E-state index contributed by atoms with van der Waals surface area (Å²) in [4.78, 5) is 8.29. The lowest BCUT2D eigenvalue weighted by Crippen LogP contribution is -2.14. The Labute approximate surface area is 107 Å². The zero-order valence-corrected chi connectivity index (χ0v) is 10.7. The van der Waals surface area contributed by atoms with Crippen molar-refractivity contribution in [1.29, 1.82) is 0 Å². The molecule has 0 bridgehead atoms. The van der Waals surface area contributed by atoms with Crippen LogP contribution in [0.2, 0.25) is 0 Å². The first-order valence-corrected chi connectivity index (χ1v) is 5.89. The fraction of sp³-hybridized carbons (Fsp3) is 0.286. The van der Waals surface area contributed by atoms with Gasteiger partial charge in [0.25, 0.3) is 0 Å². The van der Waals surface area contributed by atoms with Gasteiger partial charge in [0.05, 0.1) is 7.11 Å². The number of nitrogens with zero attached hydrogens (tertiary/aromatic N) is 2. The van der Waals surface area contributed by atoms with E-state index in [2.05, 4.69) is 22.2 Å². The van der Waals surface area contributed by atoms with Gasteiger partial charge in [-0.05, 0) is 30.2 Å². The lowest BCUT2D eigenvalue weighted by atomic mass is 10.1. The number of aromatic nitrogens is 2. The topological polar surface area (TPSA) is 47.0 Å². The van der Waals surface area contributed by atoms with Crippen LogP contribution < -0.4 is 10.1 Å². The van der Waals surface area contributed by atoms with Gasteiger partial charge in [-0.15, -0.1) is 0 Å². The third-order valence-corrected chi connectivity index (χ3v) is 2.82. The van der Waals surface area contributed by atoms with Gasteiger partial charge in [-0.2, -0.15) is 0 Å². The molecule has 0 aromatic carbocycles. The highest BCUT2D eigenvalue weighted by molar-refractivity contribution is 5.25. The van der Waals surface area contributed by atoms with Crippen LogP contribution in [0.5, 0.6) is 5.88 Å². The molecule has 0 spiro atoms. The number of rotatable bonds is 5. The van der Waals surface area contributed by atoms with Crippen LogP contribution in [0.1, 0.15) is 16.7 Å². The molecule has 0 unspecified atom stereocenters. The summed E-state index contributed by atoms with van der Waals surface area (Å²) in [5.41, 5.74) is 3.51. The maximum absolute atomic E-state index is 5.21. The summed E-state index contributed by atoms with van der Waals surface area (Å²) in [5.74, 6) is 0.674. The Bertz CT molecular complexity index is 514. The van der Waals surface area contributed by atoms with Crippen molar-refractivity contribution in [1.82, 2.24) is 15.3 Å². The van der Waals surface area contributed by atoms with E-state index in [1.54, 1.807) is 13.3 Å². The summed E-state index contributed by atoms with van der Waals surface area (Å²) in [6, 6.07) is 5.94. The molecule has 94 valence electrons. The molecule has 0 amide bonds. The Morgan fingerprint density at radius 2 is 2.00 bits per heavy atom. The van der Waals surface area contributed by atoms with E-state index in [1.165, 1.54) is 11.1 Å². The molecule has 1 N–H and O–H groups in total. The first-order valence-electron chi connectivity index (χ1n) is 5.89. The van der Waals surface area contributed by atoms with Gasteiger partial charge in [-0.3, -0.25) is 4.98 Å². The van der Waals surface area contributed by atoms with Crippen molar-refractivity contribution in [3.8, 4) is 5.88 Å². The van der Waals surface area contributed by atoms with E-state index < -0.39 is 0 Å². The number of aryl methyl sites for hydroxylation is 1. The Morgan fingerprint density at radius 3 is 2.78 bits per heavy atom. The van der Waals surface area contributed by atoms with E-state index in [1.807, 2.05) is 30.6 Å². The van der Waals surface area contributed by atoms with Crippen molar-refractivity contribution < 1.29 is 4.74 Å². The highest BCUT2D eigenvalue weighted by atomic mass is 16.5. The van der Waals surface area contributed by atoms with Crippen LogP contribution in [0.4, 0.5) is 0 Å². The zero-order chi connectivity index (χ0) is 12.8.